The van der Waals surface area contributed by atoms with Crippen molar-refractivity contribution in [1.29, 1.82) is 0 Å². The lowest BCUT2D eigenvalue weighted by Gasteiger charge is -2.35. The normalized spacial score (nSPS) is 15.8. The lowest BCUT2D eigenvalue weighted by molar-refractivity contribution is 0.0627. The average molecular weight is 398 g/mol. The van der Waals surface area contributed by atoms with Crippen molar-refractivity contribution in [1.82, 2.24) is 14.8 Å². The molecular weight excluding hydrogens is 374 g/mol. The van der Waals surface area contributed by atoms with E-state index in [9.17, 15) is 13.2 Å². The topological polar surface area (TPSA) is 73.5 Å². The van der Waals surface area contributed by atoms with Gasteiger partial charge in [-0.25, -0.2) is 8.42 Å². The van der Waals surface area contributed by atoms with E-state index in [0.717, 1.165) is 16.5 Å². The maximum Gasteiger partial charge on any atom is 0.254 e. The van der Waals surface area contributed by atoms with Crippen LogP contribution in [-0.4, -0.2) is 61.5 Å². The Morgan fingerprint density at radius 2 is 1.79 bits per heavy atom. The molecule has 0 bridgehead atoms. The number of H-pyrrole nitrogens is 1. The van der Waals surface area contributed by atoms with Crippen LogP contribution in [-0.2, 0) is 16.4 Å². The summed E-state index contributed by atoms with van der Waals surface area (Å²) >= 11 is 0. The molecule has 1 aliphatic heterocycles. The highest BCUT2D eigenvalue weighted by atomic mass is 32.2. The number of nitrogens with zero attached hydrogens (tertiary/aromatic N) is 2. The number of aromatic amines is 1. The van der Waals surface area contributed by atoms with Crippen molar-refractivity contribution in [3.63, 3.8) is 0 Å². The van der Waals surface area contributed by atoms with Gasteiger partial charge in [0.25, 0.3) is 5.91 Å². The summed E-state index contributed by atoms with van der Waals surface area (Å²) in [4.78, 5) is 20.4. The molecule has 28 heavy (non-hydrogen) atoms. The van der Waals surface area contributed by atoms with Crippen molar-refractivity contribution in [3.05, 3.63) is 65.9 Å². The van der Waals surface area contributed by atoms with Crippen LogP contribution in [0.1, 0.15) is 15.9 Å². The molecule has 0 unspecified atom stereocenters. The molecule has 1 aromatic heterocycles. The zero-order valence-electron chi connectivity index (χ0n) is 15.8. The molecule has 0 saturated carbocycles. The molecule has 146 valence electrons. The van der Waals surface area contributed by atoms with Crippen LogP contribution in [0.4, 0.5) is 0 Å². The highest BCUT2D eigenvalue weighted by Gasteiger charge is 2.23. The number of carbonyl (C=O) groups is 1. The second-order valence-electron chi connectivity index (χ2n) is 7.23. The van der Waals surface area contributed by atoms with Gasteiger partial charge in [-0.3, -0.25) is 9.69 Å². The molecule has 0 aliphatic carbocycles. The molecule has 0 radical (unpaired) electrons. The predicted octanol–water partition coefficient (Wildman–Crippen LogP) is 2.53. The van der Waals surface area contributed by atoms with E-state index < -0.39 is 9.84 Å². The molecule has 2 aromatic carbocycles. The van der Waals surface area contributed by atoms with E-state index in [-0.39, 0.29) is 5.91 Å². The first kappa shape index (κ1) is 18.7. The third-order valence-electron chi connectivity index (χ3n) is 5.23. The number of hydrogen-bond acceptors (Lipinski definition) is 4. The molecule has 1 amide bonds. The first-order valence-corrected chi connectivity index (χ1v) is 11.2. The zero-order chi connectivity index (χ0) is 19.7. The maximum atomic E-state index is 12.8. The Balaban J connectivity index is 1.42. The fourth-order valence-electron chi connectivity index (χ4n) is 3.71. The Labute approximate surface area is 164 Å². The Bertz CT molecular complexity index is 1110. The number of piperazine rings is 1. The van der Waals surface area contributed by atoms with E-state index >= 15 is 0 Å². The molecule has 2 heterocycles. The van der Waals surface area contributed by atoms with E-state index in [4.69, 9.17) is 0 Å². The van der Waals surface area contributed by atoms with Crippen molar-refractivity contribution in [3.8, 4) is 0 Å². The standard InChI is InChI=1S/C21H23N3O3S/c1-28(26,27)20-5-3-2-4-18(20)15-23-10-12-24(13-11-23)21(25)17-7-6-16-8-9-22-19(16)14-17/h2-9,14,22H,10-13,15H2,1H3. The lowest BCUT2D eigenvalue weighted by Crippen LogP contribution is -2.48. The first-order chi connectivity index (χ1) is 13.4. The molecule has 1 N–H and O–H groups in total. The summed E-state index contributed by atoms with van der Waals surface area (Å²) in [5, 5.41) is 1.09. The van der Waals surface area contributed by atoms with Crippen molar-refractivity contribution >= 4 is 26.6 Å². The number of aromatic nitrogens is 1. The number of amides is 1. The van der Waals surface area contributed by atoms with Gasteiger partial charge in [-0.2, -0.15) is 0 Å². The predicted molar refractivity (Wildman–Crippen MR) is 109 cm³/mol. The van der Waals surface area contributed by atoms with E-state index in [1.54, 1.807) is 12.1 Å². The van der Waals surface area contributed by atoms with Crippen LogP contribution in [0, 0.1) is 0 Å². The third-order valence-corrected chi connectivity index (χ3v) is 6.42. The van der Waals surface area contributed by atoms with Gasteiger partial charge in [-0.15, -0.1) is 0 Å². The number of sulfone groups is 1. The summed E-state index contributed by atoms with van der Waals surface area (Å²) in [6.45, 7) is 3.26. The molecular formula is C21H23N3O3S. The SMILES string of the molecule is CS(=O)(=O)c1ccccc1CN1CCN(C(=O)c2ccc3cc[nH]c3c2)CC1. The minimum atomic E-state index is -3.25. The Kier molecular flexibility index (Phi) is 4.95. The summed E-state index contributed by atoms with van der Waals surface area (Å²) in [5.74, 6) is 0.0349. The van der Waals surface area contributed by atoms with Crippen LogP contribution in [0.5, 0.6) is 0 Å². The van der Waals surface area contributed by atoms with Gasteiger partial charge in [0.2, 0.25) is 0 Å². The van der Waals surface area contributed by atoms with Gasteiger partial charge < -0.3 is 9.88 Å². The van der Waals surface area contributed by atoms with Crippen LogP contribution in [0.3, 0.4) is 0 Å². The Morgan fingerprint density at radius 3 is 2.54 bits per heavy atom. The van der Waals surface area contributed by atoms with Crippen LogP contribution >= 0.6 is 0 Å². The Morgan fingerprint density at radius 1 is 1.04 bits per heavy atom. The van der Waals surface area contributed by atoms with Gasteiger partial charge in [0.15, 0.2) is 9.84 Å². The number of rotatable bonds is 4. The average Bonchev–Trinajstić information content (AvgIpc) is 3.15. The van der Waals surface area contributed by atoms with Crippen LogP contribution in [0.2, 0.25) is 0 Å². The largest absolute Gasteiger partial charge is 0.361 e. The van der Waals surface area contributed by atoms with Gasteiger partial charge in [-0.1, -0.05) is 24.3 Å². The van der Waals surface area contributed by atoms with Gasteiger partial charge in [-0.05, 0) is 35.2 Å². The molecule has 4 rings (SSSR count). The highest BCUT2D eigenvalue weighted by molar-refractivity contribution is 7.90. The van der Waals surface area contributed by atoms with E-state index in [1.165, 1.54) is 6.26 Å². The van der Waals surface area contributed by atoms with Crippen molar-refractivity contribution in [2.24, 2.45) is 0 Å². The number of hydrogen-bond donors (Lipinski definition) is 1. The molecule has 6 nitrogen and oxygen atoms in total. The summed E-state index contributed by atoms with van der Waals surface area (Å²) < 4.78 is 24.0. The smallest absolute Gasteiger partial charge is 0.254 e. The number of nitrogens with one attached hydrogen (secondary N) is 1. The van der Waals surface area contributed by atoms with Crippen LogP contribution in [0.15, 0.2) is 59.6 Å². The minimum Gasteiger partial charge on any atom is -0.361 e. The molecule has 0 spiro atoms. The van der Waals surface area contributed by atoms with Crippen molar-refractivity contribution < 1.29 is 13.2 Å². The molecule has 0 atom stereocenters. The Hall–Kier alpha value is -2.64. The zero-order valence-corrected chi connectivity index (χ0v) is 16.6. The van der Waals surface area contributed by atoms with Crippen molar-refractivity contribution in [2.45, 2.75) is 11.4 Å². The third kappa shape index (κ3) is 3.81. The summed E-state index contributed by atoms with van der Waals surface area (Å²) in [5.41, 5.74) is 2.45. The van der Waals surface area contributed by atoms with Gasteiger partial charge >= 0.3 is 0 Å². The van der Waals surface area contributed by atoms with E-state index in [0.29, 0.717) is 43.2 Å². The highest BCUT2D eigenvalue weighted by Crippen LogP contribution is 2.20. The van der Waals surface area contributed by atoms with Crippen LogP contribution in [0.25, 0.3) is 10.9 Å². The van der Waals surface area contributed by atoms with Crippen LogP contribution < -0.4 is 0 Å². The molecule has 1 saturated heterocycles. The quantitative estimate of drug-likeness (QED) is 0.734. The number of carbonyl (C=O) groups excluding carboxylic acids is 1. The second-order valence-corrected chi connectivity index (χ2v) is 9.21. The fourth-order valence-corrected chi connectivity index (χ4v) is 4.64. The van der Waals surface area contributed by atoms with Gasteiger partial charge in [0, 0.05) is 56.3 Å². The van der Waals surface area contributed by atoms with E-state index in [1.807, 2.05) is 47.5 Å². The fraction of sp³-hybridized carbons (Fsp3) is 0.286. The summed E-state index contributed by atoms with van der Waals surface area (Å²) in [6.07, 6.45) is 3.11. The maximum absolute atomic E-state index is 12.8. The van der Waals surface area contributed by atoms with Gasteiger partial charge in [0.1, 0.15) is 0 Å². The molecule has 3 aromatic rings. The molecule has 7 heteroatoms. The summed E-state index contributed by atoms with van der Waals surface area (Å²) in [6, 6.07) is 14.8. The number of fused-ring (bicyclic) bond motifs is 1. The second kappa shape index (κ2) is 7.41. The minimum absolute atomic E-state index is 0.0349. The number of benzene rings is 2. The molecule has 1 aliphatic rings. The molecule has 1 fully saturated rings. The van der Waals surface area contributed by atoms with E-state index in [2.05, 4.69) is 9.88 Å². The van der Waals surface area contributed by atoms with Crippen molar-refractivity contribution in [2.75, 3.05) is 32.4 Å². The monoisotopic (exact) mass is 397 g/mol. The lowest BCUT2D eigenvalue weighted by atomic mass is 10.1. The first-order valence-electron chi connectivity index (χ1n) is 9.28. The van der Waals surface area contributed by atoms with Gasteiger partial charge in [0.05, 0.1) is 4.90 Å². The summed E-state index contributed by atoms with van der Waals surface area (Å²) in [7, 11) is -3.25.